The lowest BCUT2D eigenvalue weighted by molar-refractivity contribution is -0.145. The van der Waals surface area contributed by atoms with Crippen LogP contribution < -0.4 is 27.0 Å². The largest absolute Gasteiger partial charge is 0.467 e. The molecule has 8 heteroatoms. The summed E-state index contributed by atoms with van der Waals surface area (Å²) in [6.07, 6.45) is 17.4. The maximum absolute atomic E-state index is 13.0. The fourth-order valence-electron chi connectivity index (χ4n) is 11.0. The first kappa shape index (κ1) is 43.2. The van der Waals surface area contributed by atoms with Crippen molar-refractivity contribution >= 4 is 11.9 Å². The van der Waals surface area contributed by atoms with Crippen molar-refractivity contribution in [1.82, 2.24) is 21.3 Å². The summed E-state index contributed by atoms with van der Waals surface area (Å²) in [4.78, 5) is 25.2. The minimum absolute atomic E-state index is 0.0123. The molecule has 0 aliphatic heterocycles. The maximum Gasteiger partial charge on any atom is 0.328 e. The van der Waals surface area contributed by atoms with Gasteiger partial charge in [-0.1, -0.05) is 48.5 Å². The average molecular weight is 704 g/mol. The molecular weight excluding hydrogens is 622 g/mol. The number of ether oxygens (including phenoxy) is 1. The van der Waals surface area contributed by atoms with Gasteiger partial charge in [0.1, 0.15) is 6.04 Å². The van der Waals surface area contributed by atoms with E-state index in [1.807, 2.05) is 0 Å². The zero-order valence-corrected chi connectivity index (χ0v) is 33.8. The molecule has 3 saturated carbocycles. The fourth-order valence-corrected chi connectivity index (χ4v) is 11.0. The van der Waals surface area contributed by atoms with Crippen molar-refractivity contribution in [3.05, 3.63) is 0 Å². The molecule has 8 nitrogen and oxygen atoms in total. The van der Waals surface area contributed by atoms with Crippen LogP contribution in [0.15, 0.2) is 0 Å². The van der Waals surface area contributed by atoms with Crippen molar-refractivity contribution in [2.24, 2.45) is 58.0 Å². The number of unbranched alkanes of at least 4 members (excludes halogenated alkanes) is 1. The second-order valence-electron chi connectivity index (χ2n) is 18.0. The Labute approximate surface area is 308 Å². The number of carbonyl (C=O) groups excluding carboxylic acids is 2. The summed E-state index contributed by atoms with van der Waals surface area (Å²) in [5, 5.41) is 14.1. The zero-order chi connectivity index (χ0) is 36.7. The third-order valence-corrected chi connectivity index (χ3v) is 13.9. The second kappa shape index (κ2) is 21.5. The minimum Gasteiger partial charge on any atom is -0.467 e. The summed E-state index contributed by atoms with van der Waals surface area (Å²) in [5.74, 6) is 4.44. The van der Waals surface area contributed by atoms with Gasteiger partial charge in [0, 0.05) is 12.5 Å². The van der Waals surface area contributed by atoms with E-state index in [0.717, 1.165) is 75.8 Å². The van der Waals surface area contributed by atoms with Crippen LogP contribution in [0.5, 0.6) is 0 Å². The van der Waals surface area contributed by atoms with E-state index in [9.17, 15) is 9.59 Å². The lowest BCUT2D eigenvalue weighted by Gasteiger charge is -2.59. The summed E-state index contributed by atoms with van der Waals surface area (Å²) in [7, 11) is 1.40. The first-order valence-electron chi connectivity index (χ1n) is 21.1. The first-order chi connectivity index (χ1) is 23.9. The molecule has 3 unspecified atom stereocenters. The highest BCUT2D eigenvalue weighted by molar-refractivity contribution is 5.84. The molecule has 50 heavy (non-hydrogen) atoms. The Balaban J connectivity index is 1.43. The van der Waals surface area contributed by atoms with Crippen LogP contribution in [0.2, 0.25) is 0 Å². The lowest BCUT2D eigenvalue weighted by Crippen LogP contribution is -2.52. The summed E-state index contributed by atoms with van der Waals surface area (Å²) in [6.45, 7) is 23.0. The molecule has 3 fully saturated rings. The Morgan fingerprint density at radius 1 is 0.860 bits per heavy atom. The highest BCUT2D eigenvalue weighted by Crippen LogP contribution is 2.67. The number of nitrogens with two attached hydrogens (primary N) is 1. The molecule has 0 radical (unpaired) electrons. The molecule has 1 amide bonds. The minimum atomic E-state index is -0.546. The Bertz CT molecular complexity index is 990. The van der Waals surface area contributed by atoms with Crippen molar-refractivity contribution < 1.29 is 14.3 Å². The lowest BCUT2D eigenvalue weighted by atomic mass is 9.46. The van der Waals surface area contributed by atoms with Gasteiger partial charge < -0.3 is 31.7 Å². The molecule has 0 spiro atoms. The highest BCUT2D eigenvalue weighted by atomic mass is 16.5. The van der Waals surface area contributed by atoms with E-state index < -0.39 is 6.04 Å². The van der Waals surface area contributed by atoms with Gasteiger partial charge in [-0.05, 0) is 181 Å². The second-order valence-corrected chi connectivity index (χ2v) is 18.0. The van der Waals surface area contributed by atoms with Crippen molar-refractivity contribution in [3.63, 3.8) is 0 Å². The zero-order valence-electron chi connectivity index (χ0n) is 33.8. The van der Waals surface area contributed by atoms with Crippen LogP contribution in [0.1, 0.15) is 145 Å². The van der Waals surface area contributed by atoms with Gasteiger partial charge in [0.05, 0.1) is 7.11 Å². The van der Waals surface area contributed by atoms with E-state index in [1.165, 1.54) is 77.7 Å². The van der Waals surface area contributed by atoms with Crippen molar-refractivity contribution in [2.45, 2.75) is 157 Å². The number of nitrogens with one attached hydrogen (secondary N) is 4. The number of hydrogen-bond donors (Lipinski definition) is 5. The van der Waals surface area contributed by atoms with E-state index in [-0.39, 0.29) is 11.9 Å². The summed E-state index contributed by atoms with van der Waals surface area (Å²) < 4.78 is 4.97. The van der Waals surface area contributed by atoms with Crippen LogP contribution >= 0.6 is 0 Å². The molecule has 0 aromatic rings. The molecule has 0 bridgehead atoms. The van der Waals surface area contributed by atoms with Gasteiger partial charge in [0.25, 0.3) is 0 Å². The quantitative estimate of drug-likeness (QED) is 0.0540. The number of esters is 1. The molecular formula is C42H81N5O3. The molecule has 9 atom stereocenters. The number of fused-ring (bicyclic) bond motifs is 3. The van der Waals surface area contributed by atoms with E-state index in [2.05, 4.69) is 69.7 Å². The van der Waals surface area contributed by atoms with Crippen LogP contribution in [0.4, 0.5) is 0 Å². The van der Waals surface area contributed by atoms with Crippen molar-refractivity contribution in [1.29, 1.82) is 0 Å². The van der Waals surface area contributed by atoms with Crippen LogP contribution in [0, 0.1) is 52.3 Å². The molecule has 0 heterocycles. The number of methoxy groups -OCH3 is 1. The Hall–Kier alpha value is -1.22. The molecule has 3 rings (SSSR count). The van der Waals surface area contributed by atoms with Gasteiger partial charge in [-0.2, -0.15) is 0 Å². The molecule has 0 aromatic heterocycles. The fraction of sp³-hybridized carbons (Fsp3) is 0.952. The maximum atomic E-state index is 13.0. The molecule has 0 saturated heterocycles. The van der Waals surface area contributed by atoms with Gasteiger partial charge in [-0.3, -0.25) is 4.79 Å². The average Bonchev–Trinajstić information content (AvgIpc) is 3.44. The van der Waals surface area contributed by atoms with Gasteiger partial charge >= 0.3 is 5.97 Å². The van der Waals surface area contributed by atoms with Crippen LogP contribution in [0.25, 0.3) is 0 Å². The summed E-state index contributed by atoms with van der Waals surface area (Å²) in [6, 6.07) is 0.0714. The predicted molar refractivity (Wildman–Crippen MR) is 209 cm³/mol. The summed E-state index contributed by atoms with van der Waals surface area (Å²) in [5.41, 5.74) is 6.32. The van der Waals surface area contributed by atoms with E-state index in [4.69, 9.17) is 10.5 Å². The summed E-state index contributed by atoms with van der Waals surface area (Å²) >= 11 is 0. The topological polar surface area (TPSA) is 118 Å². The monoisotopic (exact) mass is 704 g/mol. The van der Waals surface area contributed by atoms with Crippen molar-refractivity contribution in [2.75, 3.05) is 46.4 Å². The Kier molecular flexibility index (Phi) is 18.5. The van der Waals surface area contributed by atoms with Gasteiger partial charge in [-0.25, -0.2) is 4.79 Å². The third-order valence-electron chi connectivity index (χ3n) is 13.9. The molecule has 3 aliphatic carbocycles. The molecule has 292 valence electrons. The van der Waals surface area contributed by atoms with Gasteiger partial charge in [0.15, 0.2) is 0 Å². The van der Waals surface area contributed by atoms with Crippen LogP contribution in [-0.4, -0.2) is 70.3 Å². The number of rotatable bonds is 24. The molecule has 6 N–H and O–H groups in total. The normalized spacial score (nSPS) is 29.2. The first-order valence-corrected chi connectivity index (χ1v) is 21.1. The van der Waals surface area contributed by atoms with Crippen LogP contribution in [-0.2, 0) is 14.3 Å². The van der Waals surface area contributed by atoms with E-state index in [1.54, 1.807) is 0 Å². The van der Waals surface area contributed by atoms with Gasteiger partial charge in [0.2, 0.25) is 5.91 Å². The van der Waals surface area contributed by atoms with Crippen molar-refractivity contribution in [3.8, 4) is 0 Å². The van der Waals surface area contributed by atoms with Gasteiger partial charge in [-0.15, -0.1) is 0 Å². The smallest absolute Gasteiger partial charge is 0.328 e. The van der Waals surface area contributed by atoms with E-state index >= 15 is 0 Å². The SMILES string of the molecule is CC[C@@H](C[C@H]1CCC2C(CC[C@@]3(C)C2CC[C@@H]3[C@H](C)CCC(=O)N[C@@H](CC(C)C)C(=O)OC)C1(C)C)NCCCNCCCCNCCCN. The highest BCUT2D eigenvalue weighted by Gasteiger charge is 2.59. The number of amides is 1. The third kappa shape index (κ3) is 12.2. The number of hydrogen-bond acceptors (Lipinski definition) is 7. The Morgan fingerprint density at radius 2 is 1.54 bits per heavy atom. The van der Waals surface area contributed by atoms with Crippen LogP contribution in [0.3, 0.4) is 0 Å². The van der Waals surface area contributed by atoms with E-state index in [0.29, 0.717) is 47.5 Å². The molecule has 3 aliphatic rings. The standard InChI is InChI=1S/C42H81N5O3/c1-9-33(46-27-13-26-45-24-11-10-23-44-25-12-22-43)29-32-15-16-34-36(41(32,5)6)20-21-42(7)35(17-18-37(34)42)31(4)14-19-39(48)47-38(28-30(2)3)40(49)50-8/h30-38,44-46H,9-29,43H2,1-8H3,(H,47,48)/t31-,32-,33+,34?,35-,36?,37?,38+,42-/m1/s1. The Morgan fingerprint density at radius 3 is 2.18 bits per heavy atom. The molecule has 0 aromatic carbocycles. The number of carbonyl (C=O) groups is 2. The predicted octanol–water partition coefficient (Wildman–Crippen LogP) is 7.06.